The van der Waals surface area contributed by atoms with Crippen LogP contribution < -0.4 is 15.5 Å². The number of para-hydroxylation sites is 1. The van der Waals surface area contributed by atoms with Crippen LogP contribution in [0.15, 0.2) is 102 Å². The first kappa shape index (κ1) is 20.3. The number of rotatable bonds is 5. The highest BCUT2D eigenvalue weighted by Crippen LogP contribution is 2.27. The van der Waals surface area contributed by atoms with Crippen molar-refractivity contribution in [1.29, 1.82) is 0 Å². The van der Waals surface area contributed by atoms with Gasteiger partial charge in [0, 0.05) is 11.3 Å². The molecule has 0 bridgehead atoms. The molecular formula is C25H19N3O2S. The van der Waals surface area contributed by atoms with Crippen molar-refractivity contribution in [1.82, 2.24) is 5.43 Å². The molecule has 0 aliphatic carbocycles. The van der Waals surface area contributed by atoms with Crippen LogP contribution in [0.3, 0.4) is 0 Å². The minimum absolute atomic E-state index is 0.352. The molecule has 4 aromatic carbocycles. The second-order valence-corrected chi connectivity index (χ2v) is 7.05. The fourth-order valence-corrected chi connectivity index (χ4v) is 3.24. The summed E-state index contributed by atoms with van der Waals surface area (Å²) in [5, 5.41) is 9.58. The van der Waals surface area contributed by atoms with Crippen LogP contribution in [0.5, 0.6) is 5.75 Å². The Balaban J connectivity index is 1.57. The Morgan fingerprint density at radius 2 is 1.52 bits per heavy atom. The van der Waals surface area contributed by atoms with Crippen molar-refractivity contribution in [3.63, 3.8) is 0 Å². The molecular weight excluding hydrogens is 406 g/mol. The van der Waals surface area contributed by atoms with E-state index in [4.69, 9.17) is 17.0 Å². The Morgan fingerprint density at radius 3 is 2.29 bits per heavy atom. The van der Waals surface area contributed by atoms with Crippen molar-refractivity contribution in [2.45, 2.75) is 0 Å². The maximum absolute atomic E-state index is 12.6. The molecule has 152 valence electrons. The van der Waals surface area contributed by atoms with E-state index in [0.29, 0.717) is 22.0 Å². The summed E-state index contributed by atoms with van der Waals surface area (Å²) < 4.78 is 5.69. The van der Waals surface area contributed by atoms with Crippen LogP contribution in [0.2, 0.25) is 0 Å². The zero-order chi connectivity index (χ0) is 21.5. The van der Waals surface area contributed by atoms with E-state index in [9.17, 15) is 4.79 Å². The Kier molecular flexibility index (Phi) is 6.30. The third kappa shape index (κ3) is 5.12. The Morgan fingerprint density at radius 1 is 0.839 bits per heavy atom. The maximum atomic E-state index is 12.6. The number of hydrogen-bond acceptors (Lipinski definition) is 4. The summed E-state index contributed by atoms with van der Waals surface area (Å²) in [6.45, 7) is 0. The van der Waals surface area contributed by atoms with Gasteiger partial charge in [-0.2, -0.15) is 5.10 Å². The van der Waals surface area contributed by atoms with Crippen LogP contribution in [0.25, 0.3) is 10.8 Å². The van der Waals surface area contributed by atoms with Gasteiger partial charge in [-0.15, -0.1) is 0 Å². The van der Waals surface area contributed by atoms with Gasteiger partial charge in [-0.3, -0.25) is 5.43 Å². The summed E-state index contributed by atoms with van der Waals surface area (Å²) in [4.78, 5) is 12.6. The first-order valence-electron chi connectivity index (χ1n) is 9.65. The third-order valence-electron chi connectivity index (χ3n) is 4.53. The lowest BCUT2D eigenvalue weighted by atomic mass is 10.0. The minimum Gasteiger partial charge on any atom is -0.422 e. The average Bonchev–Trinajstić information content (AvgIpc) is 2.81. The molecule has 0 aliphatic rings. The second kappa shape index (κ2) is 9.65. The second-order valence-electron chi connectivity index (χ2n) is 6.64. The van der Waals surface area contributed by atoms with E-state index < -0.39 is 5.97 Å². The monoisotopic (exact) mass is 425 g/mol. The minimum atomic E-state index is -0.431. The smallest absolute Gasteiger partial charge is 0.343 e. The molecule has 5 nitrogen and oxygen atoms in total. The molecule has 31 heavy (non-hydrogen) atoms. The lowest BCUT2D eigenvalue weighted by Gasteiger charge is -2.11. The van der Waals surface area contributed by atoms with Crippen LogP contribution in [0.4, 0.5) is 5.69 Å². The van der Waals surface area contributed by atoms with Gasteiger partial charge in [0.25, 0.3) is 0 Å². The van der Waals surface area contributed by atoms with E-state index in [-0.39, 0.29) is 0 Å². The van der Waals surface area contributed by atoms with Gasteiger partial charge in [0.2, 0.25) is 0 Å². The van der Waals surface area contributed by atoms with Gasteiger partial charge in [0.1, 0.15) is 5.75 Å². The summed E-state index contributed by atoms with van der Waals surface area (Å²) in [5.41, 5.74) is 4.82. The number of benzene rings is 4. The summed E-state index contributed by atoms with van der Waals surface area (Å²) in [6, 6.07) is 30.0. The maximum Gasteiger partial charge on any atom is 0.343 e. The van der Waals surface area contributed by atoms with Crippen molar-refractivity contribution < 1.29 is 9.53 Å². The number of fused-ring (bicyclic) bond motifs is 1. The first-order chi connectivity index (χ1) is 15.2. The SMILES string of the molecule is O=C(Oc1ccc2ccccc2c1/C=N/NC(=S)Nc1ccccc1)c1ccccc1. The zero-order valence-corrected chi connectivity index (χ0v) is 17.3. The number of carbonyl (C=O) groups is 1. The lowest BCUT2D eigenvalue weighted by Crippen LogP contribution is -2.23. The Labute approximate surface area is 185 Å². The van der Waals surface area contributed by atoms with Crippen LogP contribution in [-0.2, 0) is 0 Å². The van der Waals surface area contributed by atoms with E-state index in [1.54, 1.807) is 36.5 Å². The average molecular weight is 426 g/mol. The highest BCUT2D eigenvalue weighted by Gasteiger charge is 2.13. The van der Waals surface area contributed by atoms with Crippen LogP contribution in [0.1, 0.15) is 15.9 Å². The molecule has 0 unspecified atom stereocenters. The number of nitrogens with zero attached hydrogens (tertiary/aromatic N) is 1. The molecule has 0 aromatic heterocycles. The molecule has 0 amide bonds. The number of ether oxygens (including phenoxy) is 1. The molecule has 4 rings (SSSR count). The number of hydrogen-bond donors (Lipinski definition) is 2. The number of esters is 1. The quantitative estimate of drug-likeness (QED) is 0.148. The van der Waals surface area contributed by atoms with Crippen molar-refractivity contribution in [2.75, 3.05) is 5.32 Å². The molecule has 0 heterocycles. The summed E-state index contributed by atoms with van der Waals surface area (Å²) in [7, 11) is 0. The molecule has 0 saturated heterocycles. The molecule has 2 N–H and O–H groups in total. The standard InChI is InChI=1S/C25H19N3O2S/c29-24(19-10-3-1-4-11-19)30-23-16-15-18-9-7-8-14-21(18)22(23)17-26-28-25(31)27-20-12-5-2-6-13-20/h1-17H,(H2,27,28,31)/b26-17+. The van der Waals surface area contributed by atoms with Gasteiger partial charge in [-0.05, 0) is 53.3 Å². The topological polar surface area (TPSA) is 62.7 Å². The number of thiocarbonyl (C=S) groups is 1. The predicted molar refractivity (Wildman–Crippen MR) is 129 cm³/mol. The summed E-state index contributed by atoms with van der Waals surface area (Å²) in [6.07, 6.45) is 1.61. The van der Waals surface area contributed by atoms with Gasteiger partial charge in [0.05, 0.1) is 11.8 Å². The molecule has 6 heteroatoms. The van der Waals surface area contributed by atoms with E-state index in [2.05, 4.69) is 15.8 Å². The van der Waals surface area contributed by atoms with E-state index in [0.717, 1.165) is 16.5 Å². The summed E-state index contributed by atoms with van der Waals surface area (Å²) in [5.74, 6) is -0.0141. The van der Waals surface area contributed by atoms with Gasteiger partial charge < -0.3 is 10.1 Å². The number of hydrazone groups is 1. The number of carbonyl (C=O) groups excluding carboxylic acids is 1. The summed E-state index contributed by atoms with van der Waals surface area (Å²) >= 11 is 5.29. The van der Waals surface area contributed by atoms with Crippen LogP contribution in [-0.4, -0.2) is 17.3 Å². The lowest BCUT2D eigenvalue weighted by molar-refractivity contribution is 0.0734. The van der Waals surface area contributed by atoms with Gasteiger partial charge in [-0.1, -0.05) is 66.7 Å². The van der Waals surface area contributed by atoms with Gasteiger partial charge in [-0.25, -0.2) is 4.79 Å². The van der Waals surface area contributed by atoms with Crippen molar-refractivity contribution in [3.05, 3.63) is 108 Å². The molecule has 0 atom stereocenters. The van der Waals surface area contributed by atoms with Crippen molar-refractivity contribution >= 4 is 46.0 Å². The highest BCUT2D eigenvalue weighted by molar-refractivity contribution is 7.80. The molecule has 0 radical (unpaired) electrons. The molecule has 0 fully saturated rings. The first-order valence-corrected chi connectivity index (χ1v) is 10.1. The Hall–Kier alpha value is -4.03. The van der Waals surface area contributed by atoms with Gasteiger partial charge in [0.15, 0.2) is 5.11 Å². The van der Waals surface area contributed by atoms with Gasteiger partial charge >= 0.3 is 5.97 Å². The fraction of sp³-hybridized carbons (Fsp3) is 0. The molecule has 0 saturated carbocycles. The number of nitrogens with one attached hydrogen (secondary N) is 2. The van der Waals surface area contributed by atoms with Crippen LogP contribution >= 0.6 is 12.2 Å². The molecule has 4 aromatic rings. The van der Waals surface area contributed by atoms with Crippen molar-refractivity contribution in [3.8, 4) is 5.75 Å². The van der Waals surface area contributed by atoms with Crippen molar-refractivity contribution in [2.24, 2.45) is 5.10 Å². The van der Waals surface area contributed by atoms with Crippen LogP contribution in [0, 0.1) is 0 Å². The predicted octanol–water partition coefficient (Wildman–Crippen LogP) is 5.38. The largest absolute Gasteiger partial charge is 0.422 e. The Bertz CT molecular complexity index is 1240. The van der Waals surface area contributed by atoms with E-state index >= 15 is 0 Å². The molecule has 0 aliphatic heterocycles. The molecule has 0 spiro atoms. The van der Waals surface area contributed by atoms with E-state index in [1.165, 1.54) is 0 Å². The van der Waals surface area contributed by atoms with E-state index in [1.807, 2.05) is 66.7 Å². The normalized spacial score (nSPS) is 10.7. The fourth-order valence-electron chi connectivity index (χ4n) is 3.07. The highest BCUT2D eigenvalue weighted by atomic mass is 32.1. The number of anilines is 1. The zero-order valence-electron chi connectivity index (χ0n) is 16.5. The third-order valence-corrected chi connectivity index (χ3v) is 4.73.